The number of pyridine rings is 1. The van der Waals surface area contributed by atoms with E-state index in [0.29, 0.717) is 17.5 Å². The maximum Gasteiger partial charge on any atom is 0.219 e. The monoisotopic (exact) mass is 365 g/mol. The molecule has 0 fully saturated rings. The van der Waals surface area contributed by atoms with Crippen LogP contribution < -0.4 is 20.1 Å². The van der Waals surface area contributed by atoms with Gasteiger partial charge in [-0.2, -0.15) is 0 Å². The Labute approximate surface area is 158 Å². The number of methoxy groups -OCH3 is 1. The topological polar surface area (TPSA) is 55.4 Å². The first-order valence-corrected chi connectivity index (χ1v) is 8.50. The van der Waals surface area contributed by atoms with Crippen LogP contribution in [0.3, 0.4) is 0 Å². The summed E-state index contributed by atoms with van der Waals surface area (Å²) in [4.78, 5) is 4.28. The molecule has 3 rings (SSSR count). The number of anilines is 1. The van der Waals surface area contributed by atoms with Gasteiger partial charge in [-0.15, -0.1) is 0 Å². The van der Waals surface area contributed by atoms with E-state index in [1.54, 1.807) is 19.4 Å². The fraction of sp³-hybridized carbons (Fsp3) is 0.100. The molecule has 26 heavy (non-hydrogen) atoms. The highest BCUT2D eigenvalue weighted by Crippen LogP contribution is 2.19. The Morgan fingerprint density at radius 2 is 1.73 bits per heavy atom. The van der Waals surface area contributed by atoms with E-state index in [4.69, 9.17) is 21.7 Å². The number of thiocarbonyl (C=S) groups is 1. The standard InChI is InChI=1S/C20H19N3O2S/c1-24-17-10-7-15(8-11-17)13-22-20(26)23-16-9-12-19(21-14-16)25-18-5-3-2-4-6-18/h2-12,14H,13H2,1H3,(H2,22,23,26). The second-order valence-corrected chi connectivity index (χ2v) is 5.86. The van der Waals surface area contributed by atoms with E-state index in [1.165, 1.54) is 0 Å². The van der Waals surface area contributed by atoms with Crippen LogP contribution >= 0.6 is 12.2 Å². The molecule has 0 saturated heterocycles. The lowest BCUT2D eigenvalue weighted by Gasteiger charge is -2.11. The molecule has 6 heteroatoms. The first kappa shape index (κ1) is 17.7. The third-order valence-electron chi connectivity index (χ3n) is 3.57. The minimum atomic E-state index is 0.527. The molecule has 0 unspecified atom stereocenters. The normalized spacial score (nSPS) is 10.0. The third-order valence-corrected chi connectivity index (χ3v) is 3.82. The average Bonchev–Trinajstić information content (AvgIpc) is 2.69. The highest BCUT2D eigenvalue weighted by atomic mass is 32.1. The number of rotatable bonds is 6. The highest BCUT2D eigenvalue weighted by Gasteiger charge is 2.02. The maximum absolute atomic E-state index is 5.66. The van der Waals surface area contributed by atoms with Crippen molar-refractivity contribution < 1.29 is 9.47 Å². The number of ether oxygens (including phenoxy) is 2. The van der Waals surface area contributed by atoms with Crippen LogP contribution in [0, 0.1) is 0 Å². The van der Waals surface area contributed by atoms with Crippen molar-refractivity contribution >= 4 is 23.0 Å². The van der Waals surface area contributed by atoms with Crippen molar-refractivity contribution in [1.29, 1.82) is 0 Å². The van der Waals surface area contributed by atoms with Crippen LogP contribution in [0.4, 0.5) is 5.69 Å². The van der Waals surface area contributed by atoms with Gasteiger partial charge in [0.05, 0.1) is 19.0 Å². The van der Waals surface area contributed by atoms with Gasteiger partial charge in [-0.05, 0) is 48.1 Å². The summed E-state index contributed by atoms with van der Waals surface area (Å²) in [7, 11) is 1.65. The molecule has 0 amide bonds. The lowest BCUT2D eigenvalue weighted by molar-refractivity contribution is 0.414. The largest absolute Gasteiger partial charge is 0.497 e. The van der Waals surface area contributed by atoms with E-state index < -0.39 is 0 Å². The molecule has 0 saturated carbocycles. The maximum atomic E-state index is 5.66. The summed E-state index contributed by atoms with van der Waals surface area (Å²) in [5, 5.41) is 6.79. The number of nitrogens with zero attached hydrogens (tertiary/aromatic N) is 1. The van der Waals surface area contributed by atoms with Gasteiger partial charge in [-0.25, -0.2) is 4.98 Å². The van der Waals surface area contributed by atoms with Crippen LogP contribution in [0.2, 0.25) is 0 Å². The molecule has 3 aromatic rings. The van der Waals surface area contributed by atoms with Gasteiger partial charge in [-0.1, -0.05) is 30.3 Å². The van der Waals surface area contributed by atoms with Gasteiger partial charge in [0.1, 0.15) is 11.5 Å². The Morgan fingerprint density at radius 1 is 0.962 bits per heavy atom. The van der Waals surface area contributed by atoms with Crippen molar-refractivity contribution in [1.82, 2.24) is 10.3 Å². The van der Waals surface area contributed by atoms with Crippen molar-refractivity contribution in [3.63, 3.8) is 0 Å². The van der Waals surface area contributed by atoms with E-state index in [0.717, 1.165) is 22.7 Å². The molecule has 132 valence electrons. The summed E-state index contributed by atoms with van der Waals surface area (Å²) in [5.41, 5.74) is 1.90. The predicted octanol–water partition coefficient (Wildman–Crippen LogP) is 4.37. The molecule has 0 aliphatic heterocycles. The molecule has 2 N–H and O–H groups in total. The van der Waals surface area contributed by atoms with Gasteiger partial charge in [0.25, 0.3) is 0 Å². The van der Waals surface area contributed by atoms with E-state index in [1.807, 2.05) is 60.7 Å². The van der Waals surface area contributed by atoms with E-state index in [2.05, 4.69) is 15.6 Å². The second kappa shape index (κ2) is 8.82. The van der Waals surface area contributed by atoms with Crippen LogP contribution in [0.1, 0.15) is 5.56 Å². The van der Waals surface area contributed by atoms with Crippen LogP contribution in [-0.4, -0.2) is 17.2 Å². The molecule has 1 aromatic heterocycles. The smallest absolute Gasteiger partial charge is 0.219 e. The molecule has 0 radical (unpaired) electrons. The van der Waals surface area contributed by atoms with E-state index >= 15 is 0 Å². The lowest BCUT2D eigenvalue weighted by atomic mass is 10.2. The minimum Gasteiger partial charge on any atom is -0.497 e. The van der Waals surface area contributed by atoms with Gasteiger partial charge >= 0.3 is 0 Å². The molecular weight excluding hydrogens is 346 g/mol. The molecule has 0 aliphatic rings. The Kier molecular flexibility index (Phi) is 6.01. The Hall–Kier alpha value is -3.12. The number of benzene rings is 2. The van der Waals surface area contributed by atoms with Crippen molar-refractivity contribution in [3.8, 4) is 17.4 Å². The van der Waals surface area contributed by atoms with E-state index in [9.17, 15) is 0 Å². The zero-order chi connectivity index (χ0) is 18.2. The first-order valence-electron chi connectivity index (χ1n) is 8.10. The minimum absolute atomic E-state index is 0.527. The fourth-order valence-corrected chi connectivity index (χ4v) is 2.41. The summed E-state index contributed by atoms with van der Waals surface area (Å²) >= 11 is 5.32. The number of hydrogen-bond acceptors (Lipinski definition) is 4. The first-order chi connectivity index (χ1) is 12.7. The fourth-order valence-electron chi connectivity index (χ4n) is 2.22. The summed E-state index contributed by atoms with van der Waals surface area (Å²) in [5.74, 6) is 2.11. The molecule has 0 spiro atoms. The van der Waals surface area contributed by atoms with Crippen LogP contribution in [0.5, 0.6) is 17.4 Å². The Bertz CT molecular complexity index is 837. The molecule has 2 aromatic carbocycles. The SMILES string of the molecule is COc1ccc(CNC(=S)Nc2ccc(Oc3ccccc3)nc2)cc1. The number of nitrogens with one attached hydrogen (secondary N) is 2. The Morgan fingerprint density at radius 3 is 2.38 bits per heavy atom. The molecule has 0 aliphatic carbocycles. The zero-order valence-corrected chi connectivity index (χ0v) is 15.1. The van der Waals surface area contributed by atoms with Gasteiger partial charge in [0.15, 0.2) is 5.11 Å². The van der Waals surface area contributed by atoms with Gasteiger partial charge in [-0.3, -0.25) is 0 Å². The summed E-state index contributed by atoms with van der Waals surface area (Å²) in [6.45, 7) is 0.623. The predicted molar refractivity (Wildman–Crippen MR) is 107 cm³/mol. The number of hydrogen-bond donors (Lipinski definition) is 2. The second-order valence-electron chi connectivity index (χ2n) is 5.46. The van der Waals surface area contributed by atoms with E-state index in [-0.39, 0.29) is 0 Å². The molecule has 5 nitrogen and oxygen atoms in total. The number of para-hydroxylation sites is 1. The van der Waals surface area contributed by atoms with Gasteiger partial charge < -0.3 is 20.1 Å². The summed E-state index contributed by atoms with van der Waals surface area (Å²) in [6, 6.07) is 21.0. The molecule has 0 atom stereocenters. The van der Waals surface area contributed by atoms with Crippen molar-refractivity contribution in [2.75, 3.05) is 12.4 Å². The molecular formula is C20H19N3O2S. The quantitative estimate of drug-likeness (QED) is 0.633. The summed E-state index contributed by atoms with van der Waals surface area (Å²) < 4.78 is 10.8. The van der Waals surface area contributed by atoms with Crippen molar-refractivity contribution in [3.05, 3.63) is 78.5 Å². The molecule has 0 bridgehead atoms. The number of aromatic nitrogens is 1. The van der Waals surface area contributed by atoms with Crippen LogP contribution in [-0.2, 0) is 6.54 Å². The highest BCUT2D eigenvalue weighted by molar-refractivity contribution is 7.80. The zero-order valence-electron chi connectivity index (χ0n) is 14.3. The van der Waals surface area contributed by atoms with Gasteiger partial charge in [0, 0.05) is 12.6 Å². The van der Waals surface area contributed by atoms with Crippen molar-refractivity contribution in [2.45, 2.75) is 6.54 Å². The Balaban J connectivity index is 1.49. The van der Waals surface area contributed by atoms with Crippen LogP contribution in [0.25, 0.3) is 0 Å². The molecule has 1 heterocycles. The lowest BCUT2D eigenvalue weighted by Crippen LogP contribution is -2.27. The van der Waals surface area contributed by atoms with Gasteiger partial charge in [0.2, 0.25) is 5.88 Å². The van der Waals surface area contributed by atoms with Crippen molar-refractivity contribution in [2.24, 2.45) is 0 Å². The average molecular weight is 365 g/mol. The van der Waals surface area contributed by atoms with Crippen LogP contribution in [0.15, 0.2) is 72.9 Å². The third kappa shape index (κ3) is 5.19. The summed E-state index contributed by atoms with van der Waals surface area (Å²) in [6.07, 6.45) is 1.68.